The molecule has 1 aromatic carbocycles. The lowest BCUT2D eigenvalue weighted by Gasteiger charge is -2.16. The fourth-order valence-electron chi connectivity index (χ4n) is 2.13. The highest BCUT2D eigenvalue weighted by molar-refractivity contribution is 5.41. The summed E-state index contributed by atoms with van der Waals surface area (Å²) in [4.78, 5) is 0. The molecule has 0 saturated heterocycles. The molecule has 16 heavy (non-hydrogen) atoms. The number of rotatable bonds is 6. The highest BCUT2D eigenvalue weighted by Crippen LogP contribution is 2.29. The SMILES string of the molecule is CCCCCc1c(OC)cccc1C(C)C. The summed E-state index contributed by atoms with van der Waals surface area (Å²) in [7, 11) is 1.77. The van der Waals surface area contributed by atoms with Gasteiger partial charge in [0.15, 0.2) is 0 Å². The van der Waals surface area contributed by atoms with Gasteiger partial charge in [-0.25, -0.2) is 0 Å². The molecule has 0 radical (unpaired) electrons. The Hall–Kier alpha value is -0.980. The number of hydrogen-bond donors (Lipinski definition) is 0. The van der Waals surface area contributed by atoms with Crippen molar-refractivity contribution in [2.45, 2.75) is 52.4 Å². The molecule has 0 fully saturated rings. The molecule has 0 aromatic heterocycles. The Labute approximate surface area is 99.8 Å². The first-order valence-electron chi connectivity index (χ1n) is 6.36. The van der Waals surface area contributed by atoms with Gasteiger partial charge in [0, 0.05) is 0 Å². The fraction of sp³-hybridized carbons (Fsp3) is 0.600. The monoisotopic (exact) mass is 220 g/mol. The Balaban J connectivity index is 2.91. The molecule has 1 nitrogen and oxygen atoms in total. The van der Waals surface area contributed by atoms with Crippen molar-refractivity contribution in [3.63, 3.8) is 0 Å². The van der Waals surface area contributed by atoms with E-state index in [1.165, 1.54) is 30.4 Å². The molecule has 0 saturated carbocycles. The van der Waals surface area contributed by atoms with Gasteiger partial charge < -0.3 is 4.74 Å². The molecule has 0 amide bonds. The standard InChI is InChI=1S/C15H24O/c1-5-6-7-9-14-13(12(2)3)10-8-11-15(14)16-4/h8,10-12H,5-7,9H2,1-4H3. The van der Waals surface area contributed by atoms with Crippen LogP contribution in [0, 0.1) is 0 Å². The van der Waals surface area contributed by atoms with Crippen LogP contribution in [0.15, 0.2) is 18.2 Å². The molecule has 0 aliphatic rings. The quantitative estimate of drug-likeness (QED) is 0.639. The molecule has 1 aromatic rings. The molecule has 90 valence electrons. The number of benzene rings is 1. The second-order valence-corrected chi connectivity index (χ2v) is 4.64. The van der Waals surface area contributed by atoms with Crippen molar-refractivity contribution < 1.29 is 4.74 Å². The summed E-state index contributed by atoms with van der Waals surface area (Å²) in [5, 5.41) is 0. The first-order valence-corrected chi connectivity index (χ1v) is 6.36. The van der Waals surface area contributed by atoms with Gasteiger partial charge in [-0.05, 0) is 36.0 Å². The highest BCUT2D eigenvalue weighted by atomic mass is 16.5. The summed E-state index contributed by atoms with van der Waals surface area (Å²) in [6.45, 7) is 6.74. The predicted octanol–water partition coefficient (Wildman–Crippen LogP) is 4.55. The Bertz CT molecular complexity index is 315. The second-order valence-electron chi connectivity index (χ2n) is 4.64. The molecule has 0 aliphatic heterocycles. The molecule has 1 heteroatoms. The van der Waals surface area contributed by atoms with Crippen LogP contribution in [0.25, 0.3) is 0 Å². The zero-order chi connectivity index (χ0) is 12.0. The van der Waals surface area contributed by atoms with Crippen LogP contribution in [-0.4, -0.2) is 7.11 Å². The van der Waals surface area contributed by atoms with Crippen LogP contribution in [-0.2, 0) is 6.42 Å². The summed E-state index contributed by atoms with van der Waals surface area (Å²) < 4.78 is 5.47. The normalized spacial score (nSPS) is 10.8. The zero-order valence-electron chi connectivity index (χ0n) is 11.0. The van der Waals surface area contributed by atoms with E-state index in [0.717, 1.165) is 12.2 Å². The third-order valence-corrected chi connectivity index (χ3v) is 3.04. The zero-order valence-corrected chi connectivity index (χ0v) is 11.0. The lowest BCUT2D eigenvalue weighted by Crippen LogP contribution is -2.00. The van der Waals surface area contributed by atoms with Crippen LogP contribution < -0.4 is 4.74 Å². The Morgan fingerprint density at radius 1 is 1.19 bits per heavy atom. The van der Waals surface area contributed by atoms with Gasteiger partial charge >= 0.3 is 0 Å². The number of hydrogen-bond acceptors (Lipinski definition) is 1. The molecule has 0 unspecified atom stereocenters. The second kappa shape index (κ2) is 6.57. The van der Waals surface area contributed by atoms with E-state index in [1.54, 1.807) is 7.11 Å². The van der Waals surface area contributed by atoms with E-state index >= 15 is 0 Å². The average Bonchev–Trinajstić information content (AvgIpc) is 2.29. The Morgan fingerprint density at radius 3 is 2.50 bits per heavy atom. The van der Waals surface area contributed by atoms with Crippen molar-refractivity contribution in [1.82, 2.24) is 0 Å². The molecule has 0 bridgehead atoms. The number of methoxy groups -OCH3 is 1. The van der Waals surface area contributed by atoms with Crippen LogP contribution in [0.2, 0.25) is 0 Å². The summed E-state index contributed by atoms with van der Waals surface area (Å²) >= 11 is 0. The van der Waals surface area contributed by atoms with Gasteiger partial charge in [-0.15, -0.1) is 0 Å². The van der Waals surface area contributed by atoms with Gasteiger partial charge in [-0.1, -0.05) is 45.7 Å². The van der Waals surface area contributed by atoms with Gasteiger partial charge in [-0.2, -0.15) is 0 Å². The molecule has 0 heterocycles. The third-order valence-electron chi connectivity index (χ3n) is 3.04. The van der Waals surface area contributed by atoms with Crippen molar-refractivity contribution >= 4 is 0 Å². The van der Waals surface area contributed by atoms with Crippen LogP contribution in [0.4, 0.5) is 0 Å². The fourth-order valence-corrected chi connectivity index (χ4v) is 2.13. The maximum atomic E-state index is 5.47. The van der Waals surface area contributed by atoms with Crippen molar-refractivity contribution in [2.24, 2.45) is 0 Å². The van der Waals surface area contributed by atoms with E-state index in [-0.39, 0.29) is 0 Å². The van der Waals surface area contributed by atoms with Crippen LogP contribution in [0.1, 0.15) is 57.1 Å². The van der Waals surface area contributed by atoms with Gasteiger partial charge in [0.25, 0.3) is 0 Å². The third kappa shape index (κ3) is 3.26. The molecule has 1 rings (SSSR count). The summed E-state index contributed by atoms with van der Waals surface area (Å²) in [5.74, 6) is 1.63. The first kappa shape index (κ1) is 13.1. The summed E-state index contributed by atoms with van der Waals surface area (Å²) in [5.41, 5.74) is 2.85. The largest absolute Gasteiger partial charge is 0.496 e. The lowest BCUT2D eigenvalue weighted by atomic mass is 9.93. The van der Waals surface area contributed by atoms with E-state index in [1.807, 2.05) is 0 Å². The Kier molecular flexibility index (Phi) is 5.37. The maximum absolute atomic E-state index is 5.47. The summed E-state index contributed by atoms with van der Waals surface area (Å²) in [6, 6.07) is 6.40. The van der Waals surface area contributed by atoms with E-state index in [2.05, 4.69) is 39.0 Å². The van der Waals surface area contributed by atoms with Crippen molar-refractivity contribution in [3.8, 4) is 5.75 Å². The topological polar surface area (TPSA) is 9.23 Å². The van der Waals surface area contributed by atoms with E-state index in [0.29, 0.717) is 5.92 Å². The van der Waals surface area contributed by atoms with E-state index in [9.17, 15) is 0 Å². The highest BCUT2D eigenvalue weighted by Gasteiger charge is 2.10. The number of unbranched alkanes of at least 4 members (excludes halogenated alkanes) is 2. The summed E-state index contributed by atoms with van der Waals surface area (Å²) in [6.07, 6.45) is 4.98. The van der Waals surface area contributed by atoms with Gasteiger partial charge in [0.2, 0.25) is 0 Å². The molecule has 0 N–H and O–H groups in total. The van der Waals surface area contributed by atoms with Crippen LogP contribution in [0.5, 0.6) is 5.75 Å². The minimum absolute atomic E-state index is 0.576. The van der Waals surface area contributed by atoms with Crippen molar-refractivity contribution in [1.29, 1.82) is 0 Å². The van der Waals surface area contributed by atoms with Crippen molar-refractivity contribution in [2.75, 3.05) is 7.11 Å². The van der Waals surface area contributed by atoms with E-state index < -0.39 is 0 Å². The molecule has 0 atom stereocenters. The van der Waals surface area contributed by atoms with Crippen molar-refractivity contribution in [3.05, 3.63) is 29.3 Å². The number of ether oxygens (including phenoxy) is 1. The lowest BCUT2D eigenvalue weighted by molar-refractivity contribution is 0.407. The first-order chi connectivity index (χ1) is 7.70. The average molecular weight is 220 g/mol. The van der Waals surface area contributed by atoms with Gasteiger partial charge in [-0.3, -0.25) is 0 Å². The minimum atomic E-state index is 0.576. The molecular weight excluding hydrogens is 196 g/mol. The molecule has 0 aliphatic carbocycles. The smallest absolute Gasteiger partial charge is 0.122 e. The predicted molar refractivity (Wildman–Crippen MR) is 70.3 cm³/mol. The maximum Gasteiger partial charge on any atom is 0.122 e. The Morgan fingerprint density at radius 2 is 1.94 bits per heavy atom. The van der Waals surface area contributed by atoms with Gasteiger partial charge in [0.05, 0.1) is 7.11 Å². The van der Waals surface area contributed by atoms with Crippen LogP contribution >= 0.6 is 0 Å². The van der Waals surface area contributed by atoms with Crippen LogP contribution in [0.3, 0.4) is 0 Å². The molecular formula is C15H24O. The van der Waals surface area contributed by atoms with Gasteiger partial charge in [0.1, 0.15) is 5.75 Å². The molecule has 0 spiro atoms. The minimum Gasteiger partial charge on any atom is -0.496 e. The van der Waals surface area contributed by atoms with E-state index in [4.69, 9.17) is 4.74 Å².